The van der Waals surface area contributed by atoms with Crippen LogP contribution in [0.15, 0.2) is 49.1 Å². The first-order valence-corrected chi connectivity index (χ1v) is 14.8. The van der Waals surface area contributed by atoms with Crippen LogP contribution in [0.4, 0.5) is 11.5 Å². The number of aromatic nitrogens is 2. The molecule has 2 N–H and O–H groups in total. The summed E-state index contributed by atoms with van der Waals surface area (Å²) in [4.78, 5) is 18.7. The van der Waals surface area contributed by atoms with Crippen molar-refractivity contribution < 1.29 is 14.9 Å². The molecule has 0 spiro atoms. The van der Waals surface area contributed by atoms with Crippen LogP contribution >= 0.6 is 0 Å². The highest BCUT2D eigenvalue weighted by Gasteiger charge is 2.34. The molecule has 3 aliphatic heterocycles. The number of nitriles is 1. The molecule has 0 bridgehead atoms. The second kappa shape index (κ2) is 12.1. The third kappa shape index (κ3) is 5.73. The number of ether oxygens (including phenoxy) is 1. The Morgan fingerprint density at radius 1 is 1.14 bits per heavy atom. The Labute approximate surface area is 247 Å². The van der Waals surface area contributed by atoms with E-state index < -0.39 is 6.23 Å². The van der Waals surface area contributed by atoms with Crippen molar-refractivity contribution in [2.75, 3.05) is 62.7 Å². The van der Waals surface area contributed by atoms with Gasteiger partial charge in [-0.15, -0.1) is 0 Å². The zero-order valence-corrected chi connectivity index (χ0v) is 24.2. The largest absolute Gasteiger partial charge is 0.508 e. The molecule has 3 aromatic rings. The number of likely N-dealkylation sites (tertiary alicyclic amines) is 1. The minimum absolute atomic E-state index is 0.153. The Hall–Kier alpha value is -3.91. The number of phenols is 1. The predicted octanol–water partition coefficient (Wildman–Crippen LogP) is 3.14. The molecule has 1 unspecified atom stereocenters. The van der Waals surface area contributed by atoms with E-state index in [1.165, 1.54) is 6.08 Å². The Morgan fingerprint density at radius 3 is 2.79 bits per heavy atom. The number of piperazine rings is 1. The first-order chi connectivity index (χ1) is 20.4. The second-order valence-electron chi connectivity index (χ2n) is 11.7. The molecule has 10 nitrogen and oxygen atoms in total. The Balaban J connectivity index is 1.33. The van der Waals surface area contributed by atoms with Gasteiger partial charge in [-0.1, -0.05) is 30.8 Å². The molecule has 2 saturated heterocycles. The van der Waals surface area contributed by atoms with Crippen molar-refractivity contribution in [2.24, 2.45) is 5.92 Å². The number of hydrogen-bond donors (Lipinski definition) is 2. The summed E-state index contributed by atoms with van der Waals surface area (Å²) < 4.78 is 6.27. The summed E-state index contributed by atoms with van der Waals surface area (Å²) in [5.74, 6) is 1.54. The molecule has 1 aromatic heterocycles. The molecule has 220 valence electrons. The van der Waals surface area contributed by atoms with Crippen LogP contribution in [0.2, 0.25) is 0 Å². The summed E-state index contributed by atoms with van der Waals surface area (Å²) in [6.07, 6.45) is 2.85. The molecular formula is C32H39N7O3. The maximum Gasteiger partial charge on any atom is 0.318 e. The molecule has 2 fully saturated rings. The molecule has 0 aliphatic carbocycles. The zero-order chi connectivity index (χ0) is 29.2. The third-order valence-electron chi connectivity index (χ3n) is 8.83. The van der Waals surface area contributed by atoms with E-state index >= 15 is 0 Å². The fourth-order valence-corrected chi connectivity index (χ4v) is 6.64. The predicted molar refractivity (Wildman–Crippen MR) is 163 cm³/mol. The molecule has 4 heterocycles. The summed E-state index contributed by atoms with van der Waals surface area (Å²) in [6.45, 7) is 9.51. The zero-order valence-electron chi connectivity index (χ0n) is 24.2. The molecule has 6 rings (SSSR count). The van der Waals surface area contributed by atoms with Gasteiger partial charge in [0, 0.05) is 67.4 Å². The fourth-order valence-electron chi connectivity index (χ4n) is 6.64. The highest BCUT2D eigenvalue weighted by molar-refractivity contribution is 5.95. The molecule has 0 saturated carbocycles. The van der Waals surface area contributed by atoms with E-state index in [1.807, 2.05) is 29.2 Å². The van der Waals surface area contributed by atoms with E-state index in [9.17, 15) is 15.5 Å². The van der Waals surface area contributed by atoms with Gasteiger partial charge >= 0.3 is 6.01 Å². The van der Waals surface area contributed by atoms with Gasteiger partial charge in [0.25, 0.3) is 0 Å². The van der Waals surface area contributed by atoms with Gasteiger partial charge in [-0.3, -0.25) is 4.90 Å². The van der Waals surface area contributed by atoms with Gasteiger partial charge in [0.15, 0.2) is 0 Å². The molecule has 3 atom stereocenters. The van der Waals surface area contributed by atoms with Crippen LogP contribution in [0.3, 0.4) is 0 Å². The lowest BCUT2D eigenvalue weighted by Crippen LogP contribution is -2.56. The molecule has 0 radical (unpaired) electrons. The number of nitrogens with zero attached hydrogens (tertiary/aromatic N) is 7. The molecule has 2 aromatic carbocycles. The third-order valence-corrected chi connectivity index (χ3v) is 8.83. The highest BCUT2D eigenvalue weighted by Crippen LogP contribution is 2.37. The molecular weight excluding hydrogens is 530 g/mol. The maximum absolute atomic E-state index is 10.5. The van der Waals surface area contributed by atoms with Gasteiger partial charge in [-0.25, -0.2) is 0 Å². The van der Waals surface area contributed by atoms with Crippen LogP contribution < -0.4 is 14.5 Å². The number of benzene rings is 2. The van der Waals surface area contributed by atoms with E-state index in [4.69, 9.17) is 14.7 Å². The van der Waals surface area contributed by atoms with Gasteiger partial charge in [0.2, 0.25) is 0 Å². The van der Waals surface area contributed by atoms with Crippen LogP contribution in [0.1, 0.15) is 24.1 Å². The number of aromatic hydroxyl groups is 1. The quantitative estimate of drug-likeness (QED) is 0.393. The smallest absolute Gasteiger partial charge is 0.318 e. The van der Waals surface area contributed by atoms with E-state index in [1.54, 1.807) is 6.07 Å². The average Bonchev–Trinajstić information content (AvgIpc) is 3.43. The van der Waals surface area contributed by atoms with Gasteiger partial charge in [0.1, 0.15) is 17.8 Å². The van der Waals surface area contributed by atoms with Crippen molar-refractivity contribution in [1.82, 2.24) is 19.8 Å². The minimum atomic E-state index is -0.793. The first-order valence-electron chi connectivity index (χ1n) is 14.8. The van der Waals surface area contributed by atoms with Crippen molar-refractivity contribution in [3.8, 4) is 17.8 Å². The number of rotatable bonds is 8. The molecule has 10 heteroatoms. The van der Waals surface area contributed by atoms with Gasteiger partial charge < -0.3 is 29.6 Å². The SMILES string of the molecule is C=CC(O)N1CCN(c2nc(OC[C@@H]3CCN(C)C3)nc3c2CCN(c2cc(O)cc4ccccc24)C3)C[C@@H]1CC#N. The van der Waals surface area contributed by atoms with Crippen LogP contribution in [-0.4, -0.2) is 95.2 Å². The summed E-state index contributed by atoms with van der Waals surface area (Å²) in [6, 6.07) is 14.3. The first kappa shape index (κ1) is 28.2. The summed E-state index contributed by atoms with van der Waals surface area (Å²) >= 11 is 0. The van der Waals surface area contributed by atoms with Crippen LogP contribution in [0, 0.1) is 17.2 Å². The lowest BCUT2D eigenvalue weighted by atomic mass is 10.0. The standard InChI is InChI=1S/C32H39N7O3/c1-3-30(41)39-15-14-38(19-24(39)8-11-33)31-27-10-13-37(29-17-25(40)16-23-6-4-5-7-26(23)29)20-28(27)34-32(35-31)42-21-22-9-12-36(2)18-22/h3-7,16-17,22,24,30,40-41H,1,8-10,12-15,18-21H2,2H3/t22-,24+,30?/m1/s1. The number of anilines is 2. The molecule has 3 aliphatic rings. The normalized spacial score (nSPS) is 22.1. The van der Waals surface area contributed by atoms with Gasteiger partial charge in [0.05, 0.1) is 31.3 Å². The van der Waals surface area contributed by atoms with E-state index in [2.05, 4.69) is 40.5 Å². The second-order valence-corrected chi connectivity index (χ2v) is 11.7. The lowest BCUT2D eigenvalue weighted by molar-refractivity contribution is 0.00431. The monoisotopic (exact) mass is 569 g/mol. The highest BCUT2D eigenvalue weighted by atomic mass is 16.5. The number of phenolic OH excluding ortho intramolecular Hbond substituents is 1. The van der Waals surface area contributed by atoms with E-state index in [-0.39, 0.29) is 11.8 Å². The molecule has 0 amide bonds. The fraction of sp³-hybridized carbons (Fsp3) is 0.469. The Morgan fingerprint density at radius 2 is 2.00 bits per heavy atom. The van der Waals surface area contributed by atoms with Crippen molar-refractivity contribution in [3.63, 3.8) is 0 Å². The van der Waals surface area contributed by atoms with Gasteiger partial charge in [-0.05, 0) is 44.0 Å². The average molecular weight is 570 g/mol. The summed E-state index contributed by atoms with van der Waals surface area (Å²) in [5.41, 5.74) is 2.99. The number of hydrogen-bond acceptors (Lipinski definition) is 10. The number of aliphatic hydroxyl groups is 1. The van der Waals surface area contributed by atoms with E-state index in [0.29, 0.717) is 51.1 Å². The molecule has 42 heavy (non-hydrogen) atoms. The Kier molecular flexibility index (Phi) is 8.16. The van der Waals surface area contributed by atoms with Crippen molar-refractivity contribution >= 4 is 22.3 Å². The van der Waals surface area contributed by atoms with Gasteiger partial charge in [-0.2, -0.15) is 15.2 Å². The summed E-state index contributed by atoms with van der Waals surface area (Å²) in [7, 11) is 2.13. The van der Waals surface area contributed by atoms with Crippen LogP contribution in [0.5, 0.6) is 11.8 Å². The summed E-state index contributed by atoms with van der Waals surface area (Å²) in [5, 5.41) is 32.6. The van der Waals surface area contributed by atoms with Crippen LogP contribution in [0.25, 0.3) is 10.8 Å². The van der Waals surface area contributed by atoms with Crippen molar-refractivity contribution in [1.29, 1.82) is 5.26 Å². The van der Waals surface area contributed by atoms with Crippen LogP contribution in [-0.2, 0) is 13.0 Å². The number of aliphatic hydroxyl groups excluding tert-OH is 1. The lowest BCUT2D eigenvalue weighted by Gasteiger charge is -2.43. The Bertz CT molecular complexity index is 1490. The van der Waals surface area contributed by atoms with Crippen molar-refractivity contribution in [3.05, 3.63) is 60.3 Å². The van der Waals surface area contributed by atoms with Crippen molar-refractivity contribution in [2.45, 2.75) is 38.1 Å². The maximum atomic E-state index is 10.5. The minimum Gasteiger partial charge on any atom is -0.508 e. The number of fused-ring (bicyclic) bond motifs is 2. The van der Waals surface area contributed by atoms with E-state index in [0.717, 1.165) is 66.0 Å². The topological polar surface area (TPSA) is 112 Å².